The molecular formula is C27H31ClN2O6. The van der Waals surface area contributed by atoms with E-state index >= 15 is 0 Å². The third-order valence-electron chi connectivity index (χ3n) is 5.24. The summed E-state index contributed by atoms with van der Waals surface area (Å²) >= 11 is 6.31. The molecular weight excluding hydrogens is 484 g/mol. The maximum Gasteiger partial charge on any atom is 0.335 e. The Morgan fingerprint density at radius 1 is 0.806 bits per heavy atom. The zero-order valence-corrected chi connectivity index (χ0v) is 20.9. The van der Waals surface area contributed by atoms with Gasteiger partial charge in [-0.2, -0.15) is 0 Å². The van der Waals surface area contributed by atoms with Crippen LogP contribution >= 0.6 is 11.6 Å². The molecule has 0 fully saturated rings. The molecule has 3 atom stereocenters. The van der Waals surface area contributed by atoms with E-state index in [1.165, 1.54) is 11.1 Å². The highest BCUT2D eigenvalue weighted by Gasteiger charge is 2.29. The quantitative estimate of drug-likeness (QED) is 0.324. The number of anilines is 1. The first-order chi connectivity index (χ1) is 17.1. The number of aliphatic hydroxyl groups excluding tert-OH is 2. The van der Waals surface area contributed by atoms with Crippen molar-refractivity contribution in [3.05, 3.63) is 101 Å². The molecule has 36 heavy (non-hydrogen) atoms. The molecule has 0 saturated heterocycles. The van der Waals surface area contributed by atoms with E-state index in [4.69, 9.17) is 32.0 Å². The van der Waals surface area contributed by atoms with Crippen LogP contribution in [0.4, 0.5) is 5.69 Å². The largest absolute Gasteiger partial charge is 0.479 e. The second kappa shape index (κ2) is 14.2. The number of nitrogens with zero attached hydrogens (tertiary/aromatic N) is 2. The van der Waals surface area contributed by atoms with Crippen molar-refractivity contribution in [1.82, 2.24) is 4.90 Å². The summed E-state index contributed by atoms with van der Waals surface area (Å²) in [6, 6.07) is 29.7. The summed E-state index contributed by atoms with van der Waals surface area (Å²) in [5.41, 5.74) is 3.72. The lowest BCUT2D eigenvalue weighted by Crippen LogP contribution is -2.39. The van der Waals surface area contributed by atoms with Crippen LogP contribution in [0.5, 0.6) is 0 Å². The number of benzene rings is 3. The number of carboxylic acid groups (broad SMARTS) is 2. The van der Waals surface area contributed by atoms with Gasteiger partial charge in [0.05, 0.1) is 6.04 Å². The van der Waals surface area contributed by atoms with Crippen molar-refractivity contribution >= 4 is 29.2 Å². The van der Waals surface area contributed by atoms with Crippen molar-refractivity contribution in [2.75, 3.05) is 25.5 Å². The minimum Gasteiger partial charge on any atom is -0.479 e. The highest BCUT2D eigenvalue weighted by atomic mass is 35.5. The molecule has 3 rings (SSSR count). The Balaban J connectivity index is 0.000000388. The average Bonchev–Trinajstić information content (AvgIpc) is 2.86. The summed E-state index contributed by atoms with van der Waals surface area (Å²) in [6.45, 7) is 1.75. The molecule has 9 heteroatoms. The van der Waals surface area contributed by atoms with Gasteiger partial charge in [-0.15, -0.1) is 0 Å². The summed E-state index contributed by atoms with van der Waals surface area (Å²) < 4.78 is 0. The summed E-state index contributed by atoms with van der Waals surface area (Å²) in [5.74, 6) is -3.54. The molecule has 0 aliphatic heterocycles. The summed E-state index contributed by atoms with van der Waals surface area (Å²) in [4.78, 5) is 24.2. The predicted octanol–water partition coefficient (Wildman–Crippen LogP) is 3.53. The van der Waals surface area contributed by atoms with Gasteiger partial charge in [-0.05, 0) is 43.4 Å². The van der Waals surface area contributed by atoms with E-state index in [0.717, 1.165) is 23.8 Å². The third-order valence-corrected chi connectivity index (χ3v) is 5.47. The Kier molecular flexibility index (Phi) is 11.4. The molecule has 0 aromatic heterocycles. The van der Waals surface area contributed by atoms with Crippen molar-refractivity contribution < 1.29 is 30.0 Å². The molecule has 0 amide bonds. The van der Waals surface area contributed by atoms with Gasteiger partial charge < -0.3 is 30.2 Å². The first-order valence-electron chi connectivity index (χ1n) is 11.2. The highest BCUT2D eigenvalue weighted by Crippen LogP contribution is 2.31. The molecule has 0 heterocycles. The number of carbonyl (C=O) groups is 2. The lowest BCUT2D eigenvalue weighted by Gasteiger charge is -2.36. The van der Waals surface area contributed by atoms with Gasteiger partial charge in [0, 0.05) is 23.8 Å². The average molecular weight is 515 g/mol. The molecule has 0 radical (unpaired) electrons. The SMILES string of the molecule is CN(C)CC(c1ccccc1)N(Cc1ccccc1)c1cccc(Cl)c1.O=C(O)C(O)C(O)C(=O)O. The topological polar surface area (TPSA) is 122 Å². The van der Waals surface area contributed by atoms with Crippen LogP contribution in [0, 0.1) is 0 Å². The second-order valence-corrected chi connectivity index (χ2v) is 8.78. The summed E-state index contributed by atoms with van der Waals surface area (Å²) in [5, 5.41) is 33.3. The lowest BCUT2D eigenvalue weighted by atomic mass is 10.0. The maximum absolute atomic E-state index is 9.77. The van der Waals surface area contributed by atoms with E-state index in [1.807, 2.05) is 12.1 Å². The van der Waals surface area contributed by atoms with Gasteiger partial charge in [0.25, 0.3) is 0 Å². The predicted molar refractivity (Wildman–Crippen MR) is 139 cm³/mol. The van der Waals surface area contributed by atoms with Crippen LogP contribution in [0.3, 0.4) is 0 Å². The maximum atomic E-state index is 9.77. The van der Waals surface area contributed by atoms with E-state index in [2.05, 4.69) is 96.7 Å². The van der Waals surface area contributed by atoms with Gasteiger partial charge >= 0.3 is 11.9 Å². The van der Waals surface area contributed by atoms with Crippen LogP contribution in [0.1, 0.15) is 17.2 Å². The van der Waals surface area contributed by atoms with Gasteiger partial charge in [-0.1, -0.05) is 78.3 Å². The van der Waals surface area contributed by atoms with Gasteiger partial charge in [0.15, 0.2) is 12.2 Å². The molecule has 0 saturated carbocycles. The number of aliphatic carboxylic acids is 2. The summed E-state index contributed by atoms with van der Waals surface area (Å²) in [7, 11) is 4.24. The first-order valence-corrected chi connectivity index (χ1v) is 11.6. The van der Waals surface area contributed by atoms with Crippen LogP contribution in [-0.4, -0.2) is 70.1 Å². The zero-order chi connectivity index (χ0) is 26.7. The molecule has 0 aliphatic carbocycles. The third kappa shape index (κ3) is 8.98. The monoisotopic (exact) mass is 514 g/mol. The van der Waals surface area contributed by atoms with Crippen LogP contribution in [0.15, 0.2) is 84.9 Å². The van der Waals surface area contributed by atoms with Crippen molar-refractivity contribution in [3.8, 4) is 0 Å². The minimum atomic E-state index is -2.27. The molecule has 0 bridgehead atoms. The fourth-order valence-electron chi connectivity index (χ4n) is 3.49. The molecule has 3 aromatic carbocycles. The number of carboxylic acids is 2. The van der Waals surface area contributed by atoms with E-state index in [1.54, 1.807) is 0 Å². The van der Waals surface area contributed by atoms with Crippen molar-refractivity contribution in [1.29, 1.82) is 0 Å². The number of likely N-dealkylation sites (N-methyl/N-ethyl adjacent to an activating group) is 1. The van der Waals surface area contributed by atoms with Crippen molar-refractivity contribution in [2.45, 2.75) is 24.8 Å². The molecule has 0 aliphatic rings. The second-order valence-electron chi connectivity index (χ2n) is 8.35. The standard InChI is InChI=1S/C23H25ClN2.C4H6O6/c1-25(2)18-23(20-12-7-4-8-13-20)26(17-19-10-5-3-6-11-19)22-15-9-14-21(24)16-22;5-1(3(7)8)2(6)4(9)10/h3-16,23H,17-18H2,1-2H3;1-2,5-6H,(H,7,8)(H,9,10). The Bertz CT molecular complexity index is 1080. The number of rotatable bonds is 10. The van der Waals surface area contributed by atoms with Crippen LogP contribution in [0.2, 0.25) is 5.02 Å². The molecule has 3 unspecified atom stereocenters. The number of halogens is 1. The Labute approximate surface area is 215 Å². The Hall–Kier alpha value is -3.43. The molecule has 192 valence electrons. The fraction of sp³-hybridized carbons (Fsp3) is 0.259. The van der Waals surface area contributed by atoms with Crippen LogP contribution in [-0.2, 0) is 16.1 Å². The minimum absolute atomic E-state index is 0.227. The normalized spacial score (nSPS) is 13.2. The molecule has 0 spiro atoms. The Morgan fingerprint density at radius 2 is 1.33 bits per heavy atom. The van der Waals surface area contributed by atoms with Gasteiger partial charge in [0.1, 0.15) is 0 Å². The first kappa shape index (κ1) is 28.8. The lowest BCUT2D eigenvalue weighted by molar-refractivity contribution is -0.165. The molecule has 4 N–H and O–H groups in total. The number of hydrogen-bond donors (Lipinski definition) is 4. The van der Waals surface area contributed by atoms with Gasteiger partial charge in [-0.25, -0.2) is 9.59 Å². The number of hydrogen-bond acceptors (Lipinski definition) is 6. The van der Waals surface area contributed by atoms with Gasteiger partial charge in [-0.3, -0.25) is 0 Å². The van der Waals surface area contributed by atoms with E-state index < -0.39 is 24.1 Å². The summed E-state index contributed by atoms with van der Waals surface area (Å²) in [6.07, 6.45) is -4.53. The van der Waals surface area contributed by atoms with Crippen molar-refractivity contribution in [3.63, 3.8) is 0 Å². The fourth-order valence-corrected chi connectivity index (χ4v) is 3.68. The highest BCUT2D eigenvalue weighted by molar-refractivity contribution is 6.30. The van der Waals surface area contributed by atoms with Gasteiger partial charge in [0.2, 0.25) is 0 Å². The van der Waals surface area contributed by atoms with Crippen LogP contribution in [0.25, 0.3) is 0 Å². The molecule has 8 nitrogen and oxygen atoms in total. The van der Waals surface area contributed by atoms with E-state index in [-0.39, 0.29) is 6.04 Å². The number of aliphatic hydroxyl groups is 2. The Morgan fingerprint density at radius 3 is 1.81 bits per heavy atom. The van der Waals surface area contributed by atoms with Crippen molar-refractivity contribution in [2.24, 2.45) is 0 Å². The van der Waals surface area contributed by atoms with Crippen LogP contribution < -0.4 is 4.90 Å². The molecule has 3 aromatic rings. The smallest absolute Gasteiger partial charge is 0.335 e. The zero-order valence-electron chi connectivity index (χ0n) is 20.1. The van der Waals surface area contributed by atoms with E-state index in [9.17, 15) is 9.59 Å². The van der Waals surface area contributed by atoms with E-state index in [0.29, 0.717) is 0 Å².